The Morgan fingerprint density at radius 3 is 1.47 bits per heavy atom. The zero-order valence-corrected chi connectivity index (χ0v) is 31.7. The predicted molar refractivity (Wildman–Crippen MR) is 239 cm³/mol. The first-order valence-electron chi connectivity index (χ1n) is 19.6. The van der Waals surface area contributed by atoms with Gasteiger partial charge in [-0.1, -0.05) is 158 Å². The van der Waals surface area contributed by atoms with Crippen LogP contribution in [0.5, 0.6) is 0 Å². The Labute approximate surface area is 340 Å². The van der Waals surface area contributed by atoms with E-state index in [4.69, 9.17) is 19.4 Å². The standard InChI is InChI=1S/C54H32N4O/c55-33-34-11-9-16-39(29-34)35-21-23-36(24-22-35)41-25-27-44-45-28-26-42(32-48(45)51-50(47(44)31-41)46-19-7-8-20-49(46)59-51)40-17-10-18-43(30-40)54-57-52(37-12-3-1-4-13-37)56-53(58-54)38-14-5-2-6-15-38/h1-32H. The maximum atomic E-state index is 9.41. The van der Waals surface area contributed by atoms with Gasteiger partial charge < -0.3 is 4.42 Å². The van der Waals surface area contributed by atoms with Gasteiger partial charge in [0.15, 0.2) is 17.5 Å². The normalized spacial score (nSPS) is 11.4. The van der Waals surface area contributed by atoms with E-state index in [9.17, 15) is 5.26 Å². The van der Waals surface area contributed by atoms with Crippen LogP contribution >= 0.6 is 0 Å². The van der Waals surface area contributed by atoms with Crippen LogP contribution in [0, 0.1) is 11.3 Å². The summed E-state index contributed by atoms with van der Waals surface area (Å²) in [7, 11) is 0. The number of hydrogen-bond donors (Lipinski definition) is 0. The maximum Gasteiger partial charge on any atom is 0.164 e. The number of aromatic nitrogens is 3. The van der Waals surface area contributed by atoms with E-state index in [1.807, 2.05) is 97.1 Å². The average molecular weight is 753 g/mol. The molecule has 0 aliphatic rings. The molecular formula is C54H32N4O. The van der Waals surface area contributed by atoms with Crippen molar-refractivity contribution < 1.29 is 4.42 Å². The Morgan fingerprint density at radius 1 is 0.339 bits per heavy atom. The molecule has 274 valence electrons. The van der Waals surface area contributed by atoms with Gasteiger partial charge in [-0.05, 0) is 85.9 Å². The average Bonchev–Trinajstić information content (AvgIpc) is 3.72. The van der Waals surface area contributed by atoms with E-state index in [0.717, 1.165) is 88.2 Å². The minimum absolute atomic E-state index is 0.615. The van der Waals surface area contributed by atoms with Gasteiger partial charge in [0.1, 0.15) is 11.2 Å². The van der Waals surface area contributed by atoms with Gasteiger partial charge in [-0.3, -0.25) is 0 Å². The molecule has 0 N–H and O–H groups in total. The second-order valence-electron chi connectivity index (χ2n) is 14.7. The van der Waals surface area contributed by atoms with E-state index in [0.29, 0.717) is 23.0 Å². The molecule has 0 spiro atoms. The summed E-state index contributed by atoms with van der Waals surface area (Å²) in [6, 6.07) is 68.8. The van der Waals surface area contributed by atoms with Crippen LogP contribution in [0.4, 0.5) is 0 Å². The zero-order valence-electron chi connectivity index (χ0n) is 31.7. The van der Waals surface area contributed by atoms with Crippen LogP contribution in [-0.2, 0) is 0 Å². The van der Waals surface area contributed by atoms with E-state index in [-0.39, 0.29) is 0 Å². The highest BCUT2D eigenvalue weighted by atomic mass is 16.3. The van der Waals surface area contributed by atoms with Gasteiger partial charge in [-0.25, -0.2) is 15.0 Å². The van der Waals surface area contributed by atoms with Crippen LogP contribution in [0.3, 0.4) is 0 Å². The second kappa shape index (κ2) is 14.1. The van der Waals surface area contributed by atoms with Crippen molar-refractivity contribution >= 4 is 43.5 Å². The fraction of sp³-hybridized carbons (Fsp3) is 0. The monoisotopic (exact) mass is 752 g/mol. The van der Waals surface area contributed by atoms with E-state index in [1.54, 1.807) is 0 Å². The van der Waals surface area contributed by atoms with E-state index < -0.39 is 0 Å². The number of fused-ring (bicyclic) bond motifs is 8. The molecule has 0 fully saturated rings. The molecule has 11 aromatic rings. The van der Waals surface area contributed by atoms with Crippen LogP contribution < -0.4 is 0 Å². The lowest BCUT2D eigenvalue weighted by molar-refractivity contribution is 0.673. The van der Waals surface area contributed by atoms with Crippen molar-refractivity contribution in [3.05, 3.63) is 200 Å². The fourth-order valence-corrected chi connectivity index (χ4v) is 8.21. The molecule has 0 bridgehead atoms. The zero-order chi connectivity index (χ0) is 39.3. The molecule has 9 aromatic carbocycles. The first-order chi connectivity index (χ1) is 29.2. The topological polar surface area (TPSA) is 75.6 Å². The molecule has 0 saturated carbocycles. The van der Waals surface area contributed by atoms with Crippen LogP contribution in [0.25, 0.3) is 111 Å². The van der Waals surface area contributed by atoms with Gasteiger partial charge in [0, 0.05) is 32.8 Å². The summed E-state index contributed by atoms with van der Waals surface area (Å²) in [4.78, 5) is 14.9. The lowest BCUT2D eigenvalue weighted by Crippen LogP contribution is -2.00. The highest BCUT2D eigenvalue weighted by Gasteiger charge is 2.18. The fourth-order valence-electron chi connectivity index (χ4n) is 8.21. The summed E-state index contributed by atoms with van der Waals surface area (Å²) in [5, 5.41) is 16.1. The molecule has 0 amide bonds. The summed E-state index contributed by atoms with van der Waals surface area (Å²) in [5.74, 6) is 1.88. The van der Waals surface area contributed by atoms with E-state index in [1.165, 1.54) is 5.39 Å². The molecule has 11 rings (SSSR count). The van der Waals surface area contributed by atoms with E-state index in [2.05, 4.69) is 103 Å². The van der Waals surface area contributed by atoms with Crippen LogP contribution in [0.15, 0.2) is 199 Å². The number of furan rings is 1. The molecular weight excluding hydrogens is 721 g/mol. The van der Waals surface area contributed by atoms with Crippen molar-refractivity contribution in [3.8, 4) is 73.6 Å². The third-order valence-corrected chi connectivity index (χ3v) is 11.1. The first-order valence-corrected chi connectivity index (χ1v) is 19.6. The van der Waals surface area contributed by atoms with Gasteiger partial charge in [-0.15, -0.1) is 0 Å². The number of para-hydroxylation sites is 1. The number of rotatable bonds is 6. The summed E-state index contributed by atoms with van der Waals surface area (Å²) in [6.07, 6.45) is 0. The lowest BCUT2D eigenvalue weighted by atomic mass is 9.91. The Morgan fingerprint density at radius 2 is 0.814 bits per heavy atom. The minimum Gasteiger partial charge on any atom is -0.455 e. The van der Waals surface area contributed by atoms with Crippen molar-refractivity contribution in [2.24, 2.45) is 0 Å². The summed E-state index contributed by atoms with van der Waals surface area (Å²) >= 11 is 0. The molecule has 2 aromatic heterocycles. The molecule has 0 radical (unpaired) electrons. The van der Waals surface area contributed by atoms with Crippen molar-refractivity contribution in [3.63, 3.8) is 0 Å². The SMILES string of the molecule is N#Cc1cccc(-c2ccc(-c3ccc4c5ccc(-c6cccc(-c7nc(-c8ccccc8)nc(-c8ccccc8)n7)c6)cc5c5oc6ccccc6c5c4c3)cc2)c1. The molecule has 0 unspecified atom stereocenters. The van der Waals surface area contributed by atoms with E-state index >= 15 is 0 Å². The van der Waals surface area contributed by atoms with Crippen molar-refractivity contribution in [1.29, 1.82) is 5.26 Å². The molecule has 0 saturated heterocycles. The summed E-state index contributed by atoms with van der Waals surface area (Å²) in [5.41, 5.74) is 11.6. The predicted octanol–water partition coefficient (Wildman–Crippen LogP) is 14.0. The Kier molecular flexibility index (Phi) is 8.13. The molecule has 0 aliphatic heterocycles. The van der Waals surface area contributed by atoms with Crippen molar-refractivity contribution in [2.45, 2.75) is 0 Å². The molecule has 5 nitrogen and oxygen atoms in total. The van der Waals surface area contributed by atoms with Crippen LogP contribution in [0.2, 0.25) is 0 Å². The summed E-state index contributed by atoms with van der Waals surface area (Å²) in [6.45, 7) is 0. The molecule has 5 heteroatoms. The third-order valence-electron chi connectivity index (χ3n) is 11.1. The number of nitriles is 1. The Balaban J connectivity index is 1.03. The van der Waals surface area contributed by atoms with Gasteiger partial charge in [-0.2, -0.15) is 5.26 Å². The van der Waals surface area contributed by atoms with Gasteiger partial charge in [0.05, 0.1) is 11.6 Å². The van der Waals surface area contributed by atoms with Gasteiger partial charge in [0.2, 0.25) is 0 Å². The smallest absolute Gasteiger partial charge is 0.164 e. The molecule has 0 atom stereocenters. The van der Waals surface area contributed by atoms with Crippen molar-refractivity contribution in [2.75, 3.05) is 0 Å². The number of benzene rings is 9. The molecule has 0 aliphatic carbocycles. The number of nitrogens with zero attached hydrogens (tertiary/aromatic N) is 4. The third kappa shape index (κ3) is 6.08. The van der Waals surface area contributed by atoms with Crippen LogP contribution in [-0.4, -0.2) is 15.0 Å². The van der Waals surface area contributed by atoms with Gasteiger partial charge in [0.25, 0.3) is 0 Å². The summed E-state index contributed by atoms with van der Waals surface area (Å²) < 4.78 is 6.75. The lowest BCUT2D eigenvalue weighted by Gasteiger charge is -2.12. The quantitative estimate of drug-likeness (QED) is 0.158. The van der Waals surface area contributed by atoms with Crippen molar-refractivity contribution in [1.82, 2.24) is 15.0 Å². The minimum atomic E-state index is 0.615. The molecule has 59 heavy (non-hydrogen) atoms. The number of hydrogen-bond acceptors (Lipinski definition) is 5. The Hall–Kier alpha value is -8.20. The highest BCUT2D eigenvalue weighted by molar-refractivity contribution is 6.30. The molecule has 2 heterocycles. The first kappa shape index (κ1) is 34.1. The highest BCUT2D eigenvalue weighted by Crippen LogP contribution is 2.43. The second-order valence-corrected chi connectivity index (χ2v) is 14.7. The van der Waals surface area contributed by atoms with Gasteiger partial charge >= 0.3 is 0 Å². The van der Waals surface area contributed by atoms with Crippen LogP contribution in [0.1, 0.15) is 5.56 Å². The maximum absolute atomic E-state index is 9.41. The largest absolute Gasteiger partial charge is 0.455 e. The Bertz CT molecular complexity index is 3380.